The van der Waals surface area contributed by atoms with Crippen molar-refractivity contribution in [2.45, 2.75) is 64.3 Å². The summed E-state index contributed by atoms with van der Waals surface area (Å²) in [5.74, 6) is 3.37. The topological polar surface area (TPSA) is 70.4 Å². The van der Waals surface area contributed by atoms with Crippen LogP contribution in [0.1, 0.15) is 74.5 Å². The van der Waals surface area contributed by atoms with E-state index in [4.69, 9.17) is 4.52 Å². The lowest BCUT2D eigenvalue weighted by molar-refractivity contribution is 0.0915. The zero-order valence-electron chi connectivity index (χ0n) is 16.7. The molecule has 152 valence electrons. The number of hydrogen-bond acceptors (Lipinski definition) is 6. The number of piperidine rings is 2. The Kier molecular flexibility index (Phi) is 8.03. The molecule has 0 atom stereocenters. The number of nitrogens with one attached hydrogen (secondary N) is 2. The maximum absolute atomic E-state index is 12.3. The van der Waals surface area contributed by atoms with E-state index < -0.39 is 0 Å². The Morgan fingerprint density at radius 3 is 2.59 bits per heavy atom. The number of nitrogens with zero attached hydrogens (tertiary/aromatic N) is 2. The Hall–Kier alpha value is -1.05. The van der Waals surface area contributed by atoms with Crippen LogP contribution in [0.15, 0.2) is 10.6 Å². The van der Waals surface area contributed by atoms with Crippen LogP contribution in [0.5, 0.6) is 0 Å². The molecule has 1 aromatic heterocycles. The summed E-state index contributed by atoms with van der Waals surface area (Å²) in [6.45, 7) is 8.44. The Morgan fingerprint density at radius 1 is 1.22 bits per heavy atom. The second-order valence-corrected chi connectivity index (χ2v) is 8.66. The van der Waals surface area contributed by atoms with Gasteiger partial charge in [-0.15, -0.1) is 0 Å². The molecule has 0 spiro atoms. The summed E-state index contributed by atoms with van der Waals surface area (Å²) >= 11 is 2.00. The Morgan fingerprint density at radius 2 is 1.93 bits per heavy atom. The predicted octanol–water partition coefficient (Wildman–Crippen LogP) is 3.42. The molecule has 1 aromatic rings. The van der Waals surface area contributed by atoms with Crippen molar-refractivity contribution in [1.29, 1.82) is 0 Å². The van der Waals surface area contributed by atoms with Gasteiger partial charge in [0.25, 0.3) is 5.91 Å². The molecule has 3 heterocycles. The minimum Gasteiger partial charge on any atom is -0.360 e. The standard InChI is InChI=1S/C18H28N4O2S.C2H6/c23-18(16-11-17(24-21-16)14-1-2-14)20-15-5-9-22(10-6-15)25-12-13-3-7-19-8-4-13;1-2/h11,13-15,19H,1-10,12H2,(H,20,23);1-2H3. The van der Waals surface area contributed by atoms with Crippen molar-refractivity contribution < 1.29 is 9.32 Å². The van der Waals surface area contributed by atoms with Gasteiger partial charge in [-0.2, -0.15) is 0 Å². The van der Waals surface area contributed by atoms with Gasteiger partial charge < -0.3 is 15.2 Å². The van der Waals surface area contributed by atoms with Gasteiger partial charge in [-0.05, 0) is 57.5 Å². The van der Waals surface area contributed by atoms with Crippen molar-refractivity contribution in [2.24, 2.45) is 5.92 Å². The van der Waals surface area contributed by atoms with E-state index in [1.54, 1.807) is 0 Å². The molecule has 0 aromatic carbocycles. The summed E-state index contributed by atoms with van der Waals surface area (Å²) in [6.07, 6.45) is 6.95. The lowest BCUT2D eigenvalue weighted by Crippen LogP contribution is -2.43. The van der Waals surface area contributed by atoms with Crippen molar-refractivity contribution >= 4 is 17.9 Å². The molecule has 7 heteroatoms. The summed E-state index contributed by atoms with van der Waals surface area (Å²) in [7, 11) is 0. The maximum atomic E-state index is 12.3. The van der Waals surface area contributed by atoms with E-state index >= 15 is 0 Å². The highest BCUT2D eigenvalue weighted by Crippen LogP contribution is 2.40. The molecular formula is C20H34N4O2S. The summed E-state index contributed by atoms with van der Waals surface area (Å²) in [6, 6.07) is 2.07. The molecule has 0 unspecified atom stereocenters. The summed E-state index contributed by atoms with van der Waals surface area (Å²) < 4.78 is 7.76. The lowest BCUT2D eigenvalue weighted by Gasteiger charge is -2.32. The largest absolute Gasteiger partial charge is 0.360 e. The molecule has 1 aliphatic carbocycles. The molecule has 1 saturated carbocycles. The average molecular weight is 395 g/mol. The zero-order chi connectivity index (χ0) is 19.1. The van der Waals surface area contributed by atoms with Crippen LogP contribution in [0, 0.1) is 5.92 Å². The smallest absolute Gasteiger partial charge is 0.273 e. The van der Waals surface area contributed by atoms with Crippen LogP contribution in [0.4, 0.5) is 0 Å². The number of aromatic nitrogens is 1. The summed E-state index contributed by atoms with van der Waals surface area (Å²) in [5.41, 5.74) is 0.435. The molecule has 0 bridgehead atoms. The number of carbonyl (C=O) groups is 1. The van der Waals surface area contributed by atoms with Crippen molar-refractivity contribution in [3.63, 3.8) is 0 Å². The molecule has 3 fully saturated rings. The monoisotopic (exact) mass is 394 g/mol. The summed E-state index contributed by atoms with van der Waals surface area (Å²) in [4.78, 5) is 12.3. The lowest BCUT2D eigenvalue weighted by atomic mass is 10.0. The Balaban J connectivity index is 0.00000102. The van der Waals surface area contributed by atoms with Crippen LogP contribution in [0.25, 0.3) is 0 Å². The van der Waals surface area contributed by atoms with Gasteiger partial charge in [0.05, 0.1) is 0 Å². The Labute approximate surface area is 167 Å². The summed E-state index contributed by atoms with van der Waals surface area (Å²) in [5, 5.41) is 10.5. The van der Waals surface area contributed by atoms with E-state index in [1.807, 2.05) is 31.9 Å². The van der Waals surface area contributed by atoms with Gasteiger partial charge in [0.2, 0.25) is 0 Å². The molecule has 6 nitrogen and oxygen atoms in total. The first kappa shape index (κ1) is 20.7. The fraction of sp³-hybridized carbons (Fsp3) is 0.800. The fourth-order valence-corrected chi connectivity index (χ4v) is 4.83. The Bertz CT molecular complexity index is 576. The second kappa shape index (κ2) is 10.5. The van der Waals surface area contributed by atoms with E-state index in [0.29, 0.717) is 11.6 Å². The maximum Gasteiger partial charge on any atom is 0.273 e. The van der Waals surface area contributed by atoms with Crippen LogP contribution < -0.4 is 10.6 Å². The molecule has 2 aliphatic heterocycles. The normalized spacial score (nSPS) is 22.1. The van der Waals surface area contributed by atoms with Gasteiger partial charge in [-0.3, -0.25) is 9.10 Å². The van der Waals surface area contributed by atoms with Crippen LogP contribution in [-0.4, -0.2) is 53.3 Å². The predicted molar refractivity (Wildman–Crippen MR) is 110 cm³/mol. The third-order valence-electron chi connectivity index (χ3n) is 5.48. The van der Waals surface area contributed by atoms with E-state index in [0.717, 1.165) is 50.5 Å². The second-order valence-electron chi connectivity index (χ2n) is 7.55. The van der Waals surface area contributed by atoms with E-state index in [9.17, 15) is 4.79 Å². The third-order valence-corrected chi connectivity index (χ3v) is 6.83. The molecule has 4 rings (SSSR count). The minimum absolute atomic E-state index is 0.0866. The fourth-order valence-electron chi connectivity index (χ4n) is 3.60. The van der Waals surface area contributed by atoms with Crippen LogP contribution in [-0.2, 0) is 0 Å². The van der Waals surface area contributed by atoms with E-state index in [-0.39, 0.29) is 11.9 Å². The highest BCUT2D eigenvalue weighted by atomic mass is 32.2. The van der Waals surface area contributed by atoms with E-state index in [1.165, 1.54) is 31.7 Å². The first-order valence-corrected chi connectivity index (χ1v) is 11.6. The highest BCUT2D eigenvalue weighted by molar-refractivity contribution is 7.97. The molecular weight excluding hydrogens is 360 g/mol. The molecule has 1 amide bonds. The highest BCUT2D eigenvalue weighted by Gasteiger charge is 2.29. The molecule has 3 aliphatic rings. The van der Waals surface area contributed by atoms with Gasteiger partial charge in [0.15, 0.2) is 5.69 Å². The zero-order valence-corrected chi connectivity index (χ0v) is 17.5. The van der Waals surface area contributed by atoms with Crippen molar-refractivity contribution in [2.75, 3.05) is 31.9 Å². The number of carbonyl (C=O) groups excluding carboxylic acids is 1. The SMILES string of the molecule is CC.O=C(NC1CCN(SCC2CCNCC2)CC1)c1cc(C2CC2)on1. The quantitative estimate of drug-likeness (QED) is 0.721. The van der Waals surface area contributed by atoms with Gasteiger partial charge in [0, 0.05) is 36.9 Å². The van der Waals surface area contributed by atoms with Crippen molar-refractivity contribution in [1.82, 2.24) is 20.1 Å². The van der Waals surface area contributed by atoms with Crippen molar-refractivity contribution in [3.8, 4) is 0 Å². The molecule has 2 saturated heterocycles. The van der Waals surface area contributed by atoms with Gasteiger partial charge in [-0.25, -0.2) is 0 Å². The van der Waals surface area contributed by atoms with E-state index in [2.05, 4.69) is 20.1 Å². The van der Waals surface area contributed by atoms with Crippen molar-refractivity contribution in [3.05, 3.63) is 17.5 Å². The first-order chi connectivity index (χ1) is 13.3. The number of hydrogen-bond donors (Lipinski definition) is 2. The van der Waals surface area contributed by atoms with Gasteiger partial charge in [0.1, 0.15) is 5.76 Å². The molecule has 2 N–H and O–H groups in total. The first-order valence-electron chi connectivity index (χ1n) is 10.6. The number of rotatable bonds is 6. The third kappa shape index (κ3) is 6.22. The van der Waals surface area contributed by atoms with Crippen LogP contribution in [0.3, 0.4) is 0 Å². The number of amides is 1. The average Bonchev–Trinajstić information content (AvgIpc) is 3.46. The molecule has 27 heavy (non-hydrogen) atoms. The molecule has 0 radical (unpaired) electrons. The minimum atomic E-state index is -0.0866. The van der Waals surface area contributed by atoms with Gasteiger partial charge >= 0.3 is 0 Å². The van der Waals surface area contributed by atoms with Gasteiger partial charge in [-0.1, -0.05) is 31.0 Å². The van der Waals surface area contributed by atoms with Crippen LogP contribution >= 0.6 is 11.9 Å². The van der Waals surface area contributed by atoms with Crippen LogP contribution in [0.2, 0.25) is 0 Å².